The van der Waals surface area contributed by atoms with Gasteiger partial charge in [0.25, 0.3) is 11.8 Å². The van der Waals surface area contributed by atoms with Crippen LogP contribution in [0.25, 0.3) is 0 Å². The van der Waals surface area contributed by atoms with Crippen molar-refractivity contribution in [3.05, 3.63) is 175 Å². The van der Waals surface area contributed by atoms with Crippen LogP contribution in [0.15, 0.2) is 128 Å². The lowest BCUT2D eigenvalue weighted by Gasteiger charge is -2.45. The van der Waals surface area contributed by atoms with Gasteiger partial charge in [0.15, 0.2) is 10.3 Å². The van der Waals surface area contributed by atoms with Gasteiger partial charge in [-0.2, -0.15) is 0 Å². The molecule has 0 bridgehead atoms. The zero-order valence-electron chi connectivity index (χ0n) is 48.4. The molecule has 2 amide bonds. The second kappa shape index (κ2) is 23.9. The number of benzene rings is 4. The van der Waals surface area contributed by atoms with Crippen LogP contribution in [0, 0.1) is 23.5 Å². The monoisotopic (exact) mass is 1310 g/mol. The molecule has 0 saturated carbocycles. The first-order chi connectivity index (χ1) is 38.7. The number of ether oxygens (including phenoxy) is 2. The Morgan fingerprint density at radius 1 is 0.585 bits per heavy atom. The average Bonchev–Trinajstić information content (AvgIpc) is 3.52. The lowest BCUT2D eigenvalue weighted by Crippen LogP contribution is -2.48. The minimum absolute atomic E-state index is 0.0218. The van der Waals surface area contributed by atoms with E-state index < -0.39 is 27.7 Å². The molecule has 82 heavy (non-hydrogen) atoms. The Labute approximate surface area is 507 Å². The number of nitrogens with zero attached hydrogens (tertiary/aromatic N) is 4. The molecule has 4 atom stereocenters. The van der Waals surface area contributed by atoms with Crippen molar-refractivity contribution in [3.8, 4) is 23.3 Å². The van der Waals surface area contributed by atoms with Gasteiger partial charge in [0.1, 0.15) is 23.1 Å². The van der Waals surface area contributed by atoms with Gasteiger partial charge in [-0.15, -0.1) is 0 Å². The molecule has 12 nitrogen and oxygen atoms in total. The number of halogens is 4. The first-order valence-corrected chi connectivity index (χ1v) is 36.6. The number of methoxy groups -OCH3 is 2. The molecule has 2 aliphatic heterocycles. The van der Waals surface area contributed by atoms with Crippen molar-refractivity contribution in [2.75, 3.05) is 25.7 Å². The van der Waals surface area contributed by atoms with Crippen LogP contribution in [0.1, 0.15) is 95.6 Å². The largest absolute Gasteiger partial charge is 0.543 e. The van der Waals surface area contributed by atoms with E-state index in [1.54, 1.807) is 63.0 Å². The average molecular weight is 1310 g/mol. The SMILES string of the molecule is COc1ncc(Br)c2c1C[C@@]1(c3cc(O[Si](C)(C)C(C)(C)C)ccc3F)N=C(NC(=O)c3ccccc3)SC[C@H]1C2.COc1ncc(Br)c2c1C[C@]1(c3cc(O[Si](C)(C)C(C)(C)C)ccc3F)N=C(NC(=O)c3ccccc3)SC[C@@H]1C2. The summed E-state index contributed by atoms with van der Waals surface area (Å²) >= 11 is 10.3. The summed E-state index contributed by atoms with van der Waals surface area (Å²) < 4.78 is 58.4. The lowest BCUT2D eigenvalue weighted by atomic mass is 9.67. The molecule has 4 aliphatic rings. The molecular weight excluding hydrogens is 1240 g/mol. The molecule has 10 rings (SSSR count). The number of pyridine rings is 2. The van der Waals surface area contributed by atoms with Gasteiger partial charge in [-0.25, -0.2) is 28.7 Å². The number of amides is 2. The number of amidine groups is 2. The van der Waals surface area contributed by atoms with E-state index in [9.17, 15) is 9.59 Å². The van der Waals surface area contributed by atoms with Crippen molar-refractivity contribution in [2.24, 2.45) is 21.8 Å². The maximum Gasteiger partial charge on any atom is 0.257 e. The fraction of sp³-hybridized carbons (Fsp3) is 0.387. The molecule has 0 radical (unpaired) electrons. The fourth-order valence-corrected chi connectivity index (χ4v) is 15.8. The number of carbonyl (C=O) groups excluding carboxylic acids is 2. The zero-order chi connectivity index (χ0) is 59.2. The maximum atomic E-state index is 16.0. The molecule has 0 fully saturated rings. The molecular formula is C62H70Br2F2N6O6S2Si2. The van der Waals surface area contributed by atoms with Crippen LogP contribution >= 0.6 is 55.4 Å². The van der Waals surface area contributed by atoms with Gasteiger partial charge in [0.05, 0.1) is 25.3 Å². The van der Waals surface area contributed by atoms with E-state index >= 15 is 8.78 Å². The maximum absolute atomic E-state index is 16.0. The third-order valence-electron chi connectivity index (χ3n) is 17.1. The number of fused-ring (bicyclic) bond motifs is 4. The van der Waals surface area contributed by atoms with Crippen LogP contribution in [0.5, 0.6) is 23.3 Å². The highest BCUT2D eigenvalue weighted by Crippen LogP contribution is 2.54. The topological polar surface area (TPSA) is 146 Å². The van der Waals surface area contributed by atoms with Gasteiger partial charge in [-0.1, -0.05) is 101 Å². The molecule has 0 saturated heterocycles. The second-order valence-corrected chi connectivity index (χ2v) is 37.4. The van der Waals surface area contributed by atoms with Crippen LogP contribution in [0.2, 0.25) is 36.3 Å². The van der Waals surface area contributed by atoms with Gasteiger partial charge >= 0.3 is 0 Å². The third kappa shape index (κ3) is 12.4. The predicted octanol–water partition coefficient (Wildman–Crippen LogP) is 15.0. The molecule has 0 unspecified atom stereocenters. The van der Waals surface area contributed by atoms with Crippen molar-refractivity contribution in [2.45, 2.75) is 115 Å². The smallest absolute Gasteiger partial charge is 0.257 e. The molecule has 2 N–H and O–H groups in total. The number of rotatable bonds is 10. The summed E-state index contributed by atoms with van der Waals surface area (Å²) in [4.78, 5) is 45.5. The van der Waals surface area contributed by atoms with Crippen LogP contribution in [-0.4, -0.2) is 74.5 Å². The summed E-state index contributed by atoms with van der Waals surface area (Å²) in [7, 11) is -1.19. The molecule has 4 heterocycles. The normalized spacial score (nSPS) is 20.4. The van der Waals surface area contributed by atoms with Crippen molar-refractivity contribution in [1.82, 2.24) is 20.6 Å². The number of aliphatic imine (C=N–C) groups is 2. The molecule has 2 aliphatic carbocycles. The Morgan fingerprint density at radius 3 is 1.29 bits per heavy atom. The van der Waals surface area contributed by atoms with Crippen LogP contribution in [0.3, 0.4) is 0 Å². The quantitative estimate of drug-likeness (QED) is 0.127. The minimum atomic E-state index is -2.19. The predicted molar refractivity (Wildman–Crippen MR) is 338 cm³/mol. The number of carbonyl (C=O) groups is 2. The van der Waals surface area contributed by atoms with E-state index in [0.717, 1.165) is 31.2 Å². The number of thioether (sulfide) groups is 2. The fourth-order valence-electron chi connectivity index (χ4n) is 10.4. The molecule has 432 valence electrons. The highest BCUT2D eigenvalue weighted by Gasteiger charge is 2.52. The Bertz CT molecular complexity index is 3250. The van der Waals surface area contributed by atoms with E-state index in [1.165, 1.54) is 35.7 Å². The number of hydrogen-bond acceptors (Lipinski definition) is 12. The van der Waals surface area contributed by atoms with Gasteiger partial charge < -0.3 is 29.0 Å². The van der Waals surface area contributed by atoms with E-state index in [-0.39, 0.29) is 45.4 Å². The lowest BCUT2D eigenvalue weighted by molar-refractivity contribution is 0.0968. The standard InChI is InChI=1S/2C31H35BrFN3O3SSi/c2*1-30(2,3)41(5,6)39-21-12-13-26(33)24(15-21)31-16-23-22(25(32)17-34-28(23)38-4)14-20(31)18-40-29(36-31)35-27(37)19-10-8-7-9-11-19/h2*7-13,15,17,20H,14,16,18H2,1-6H3,(H,35,36,37)/t2*20-,31-/m10/s1. The van der Waals surface area contributed by atoms with Gasteiger partial charge in [-0.05, 0) is 153 Å². The van der Waals surface area contributed by atoms with E-state index in [0.29, 0.717) is 93.0 Å². The summed E-state index contributed by atoms with van der Waals surface area (Å²) in [6, 6.07) is 28.1. The first-order valence-electron chi connectivity index (χ1n) is 27.3. The first kappa shape index (κ1) is 61.2. The molecule has 20 heteroatoms. The number of aromatic nitrogens is 2. The minimum Gasteiger partial charge on any atom is -0.543 e. The highest BCUT2D eigenvalue weighted by atomic mass is 79.9. The third-order valence-corrected chi connectivity index (χ3v) is 29.2. The Kier molecular flexibility index (Phi) is 17.9. The molecule has 0 spiro atoms. The van der Waals surface area contributed by atoms with E-state index in [4.69, 9.17) is 28.3 Å². The summed E-state index contributed by atoms with van der Waals surface area (Å²) in [5, 5.41) is 6.87. The van der Waals surface area contributed by atoms with Gasteiger partial charge in [-0.3, -0.25) is 9.59 Å². The summed E-state index contributed by atoms with van der Waals surface area (Å²) in [6.07, 6.45) is 5.55. The van der Waals surface area contributed by atoms with Crippen LogP contribution < -0.4 is 29.0 Å². The summed E-state index contributed by atoms with van der Waals surface area (Å²) in [6.45, 7) is 21.8. The van der Waals surface area contributed by atoms with Crippen molar-refractivity contribution >= 4 is 94.2 Å². The Hall–Kier alpha value is -5.39. The summed E-state index contributed by atoms with van der Waals surface area (Å²) in [5.74, 6) is 2.27. The highest BCUT2D eigenvalue weighted by molar-refractivity contribution is 9.10. The van der Waals surface area contributed by atoms with Gasteiger partial charge in [0.2, 0.25) is 28.4 Å². The molecule has 6 aromatic rings. The van der Waals surface area contributed by atoms with Crippen LogP contribution in [0.4, 0.5) is 8.78 Å². The Balaban J connectivity index is 0.000000198. The zero-order valence-corrected chi connectivity index (χ0v) is 55.2. The number of nitrogens with one attached hydrogen (secondary N) is 2. The number of hydrogen-bond donors (Lipinski definition) is 2. The second-order valence-electron chi connectivity index (χ2n) is 24.3. The summed E-state index contributed by atoms with van der Waals surface area (Å²) in [5.41, 5.74) is 3.96. The molecule has 2 aromatic heterocycles. The van der Waals surface area contributed by atoms with E-state index in [1.807, 2.05) is 48.5 Å². The van der Waals surface area contributed by atoms with Gasteiger partial charge in [0, 0.05) is 90.9 Å². The van der Waals surface area contributed by atoms with Crippen molar-refractivity contribution < 1.29 is 36.7 Å². The Morgan fingerprint density at radius 2 is 0.951 bits per heavy atom. The van der Waals surface area contributed by atoms with Crippen molar-refractivity contribution in [1.29, 1.82) is 0 Å². The van der Waals surface area contributed by atoms with E-state index in [2.05, 4.69) is 120 Å². The van der Waals surface area contributed by atoms with Crippen LogP contribution in [-0.2, 0) is 36.8 Å². The molecule has 4 aromatic carbocycles. The van der Waals surface area contributed by atoms with Crippen molar-refractivity contribution in [3.63, 3.8) is 0 Å².